The van der Waals surface area contributed by atoms with E-state index in [1.54, 1.807) is 0 Å². The number of nitrogens with one attached hydrogen (secondary N) is 1. The molecular formula is C16H32N2. The molecule has 0 aromatic carbocycles. The Morgan fingerprint density at radius 2 is 1.89 bits per heavy atom. The lowest BCUT2D eigenvalue weighted by Crippen LogP contribution is -2.53. The van der Waals surface area contributed by atoms with Crippen LogP contribution >= 0.6 is 0 Å². The second kappa shape index (κ2) is 6.91. The third-order valence-electron chi connectivity index (χ3n) is 5.32. The number of hydrogen-bond acceptors (Lipinski definition) is 2. The van der Waals surface area contributed by atoms with Crippen LogP contribution in [0.1, 0.15) is 65.7 Å². The Bertz CT molecular complexity index is 241. The van der Waals surface area contributed by atoms with E-state index >= 15 is 0 Å². The van der Waals surface area contributed by atoms with Gasteiger partial charge in [0.05, 0.1) is 0 Å². The van der Waals surface area contributed by atoms with Gasteiger partial charge >= 0.3 is 0 Å². The molecule has 2 rings (SSSR count). The molecule has 1 aliphatic carbocycles. The van der Waals surface area contributed by atoms with Crippen molar-refractivity contribution in [3.05, 3.63) is 0 Å². The Kier molecular flexibility index (Phi) is 5.50. The average molecular weight is 252 g/mol. The summed E-state index contributed by atoms with van der Waals surface area (Å²) in [4.78, 5) is 2.65. The van der Waals surface area contributed by atoms with Gasteiger partial charge in [-0.1, -0.05) is 26.7 Å². The quantitative estimate of drug-likeness (QED) is 0.806. The smallest absolute Gasteiger partial charge is 0.0197 e. The molecule has 106 valence electrons. The fraction of sp³-hybridized carbons (Fsp3) is 1.00. The summed E-state index contributed by atoms with van der Waals surface area (Å²) in [6.45, 7) is 9.43. The Morgan fingerprint density at radius 3 is 2.61 bits per heavy atom. The van der Waals surface area contributed by atoms with Crippen molar-refractivity contribution >= 4 is 0 Å². The Hall–Kier alpha value is -0.0800. The molecule has 1 heterocycles. The molecule has 0 aromatic heterocycles. The molecule has 2 aliphatic rings. The van der Waals surface area contributed by atoms with E-state index in [-0.39, 0.29) is 0 Å². The first kappa shape index (κ1) is 14.3. The standard InChI is InChI=1S/C16H32N2/c1-4-13(3)18(5-2)12-15-11-10-14-8-6-7-9-16(14)17-15/h13-17H,4-12H2,1-3H3. The molecule has 1 aliphatic heterocycles. The Balaban J connectivity index is 1.83. The highest BCUT2D eigenvalue weighted by molar-refractivity contribution is 4.90. The molecule has 4 atom stereocenters. The normalized spacial score (nSPS) is 34.3. The summed E-state index contributed by atoms with van der Waals surface area (Å²) in [5.74, 6) is 0.994. The van der Waals surface area contributed by atoms with Crippen molar-refractivity contribution in [1.29, 1.82) is 0 Å². The monoisotopic (exact) mass is 252 g/mol. The average Bonchev–Trinajstić information content (AvgIpc) is 2.43. The van der Waals surface area contributed by atoms with Crippen molar-refractivity contribution < 1.29 is 0 Å². The molecule has 1 saturated carbocycles. The van der Waals surface area contributed by atoms with Gasteiger partial charge in [0.25, 0.3) is 0 Å². The molecule has 2 fully saturated rings. The highest BCUT2D eigenvalue weighted by atomic mass is 15.2. The molecule has 0 bridgehead atoms. The van der Waals surface area contributed by atoms with Gasteiger partial charge in [-0.3, -0.25) is 4.90 Å². The third-order valence-corrected chi connectivity index (χ3v) is 5.32. The van der Waals surface area contributed by atoms with Gasteiger partial charge in [0.1, 0.15) is 0 Å². The molecule has 2 nitrogen and oxygen atoms in total. The van der Waals surface area contributed by atoms with Crippen LogP contribution in [0.4, 0.5) is 0 Å². The summed E-state index contributed by atoms with van der Waals surface area (Å²) in [6, 6.07) is 2.33. The van der Waals surface area contributed by atoms with Crippen LogP contribution in [-0.4, -0.2) is 36.1 Å². The molecular weight excluding hydrogens is 220 g/mol. The molecule has 18 heavy (non-hydrogen) atoms. The zero-order valence-corrected chi connectivity index (χ0v) is 12.6. The highest BCUT2D eigenvalue weighted by Gasteiger charge is 2.32. The summed E-state index contributed by atoms with van der Waals surface area (Å²) >= 11 is 0. The van der Waals surface area contributed by atoms with Gasteiger partial charge in [-0.05, 0) is 51.5 Å². The van der Waals surface area contributed by atoms with Crippen LogP contribution in [-0.2, 0) is 0 Å². The predicted octanol–water partition coefficient (Wildman–Crippen LogP) is 3.42. The Morgan fingerprint density at radius 1 is 1.11 bits per heavy atom. The lowest BCUT2D eigenvalue weighted by molar-refractivity contribution is 0.128. The molecule has 0 amide bonds. The predicted molar refractivity (Wildman–Crippen MR) is 78.9 cm³/mol. The summed E-state index contributed by atoms with van der Waals surface area (Å²) in [6.07, 6.45) is 9.97. The van der Waals surface area contributed by atoms with Crippen molar-refractivity contribution in [2.24, 2.45) is 5.92 Å². The van der Waals surface area contributed by atoms with Crippen molar-refractivity contribution in [3.8, 4) is 0 Å². The summed E-state index contributed by atoms with van der Waals surface area (Å²) in [5.41, 5.74) is 0. The Labute approximate surface area is 114 Å². The van der Waals surface area contributed by atoms with Crippen molar-refractivity contribution in [2.75, 3.05) is 13.1 Å². The van der Waals surface area contributed by atoms with E-state index in [2.05, 4.69) is 31.0 Å². The van der Waals surface area contributed by atoms with Crippen LogP contribution in [0.25, 0.3) is 0 Å². The second-order valence-electron chi connectivity index (χ2n) is 6.44. The zero-order valence-electron chi connectivity index (χ0n) is 12.6. The van der Waals surface area contributed by atoms with Crippen LogP contribution in [0.5, 0.6) is 0 Å². The van der Waals surface area contributed by atoms with E-state index < -0.39 is 0 Å². The van der Waals surface area contributed by atoms with Gasteiger partial charge in [0, 0.05) is 24.7 Å². The SMILES string of the molecule is CCC(C)N(CC)CC1CCC2CCCCC2N1. The largest absolute Gasteiger partial charge is 0.310 e. The van der Waals surface area contributed by atoms with Crippen LogP contribution in [0.3, 0.4) is 0 Å². The van der Waals surface area contributed by atoms with Gasteiger partial charge in [0.2, 0.25) is 0 Å². The number of hydrogen-bond donors (Lipinski definition) is 1. The lowest BCUT2D eigenvalue weighted by atomic mass is 9.77. The van der Waals surface area contributed by atoms with E-state index in [1.165, 1.54) is 58.0 Å². The highest BCUT2D eigenvalue weighted by Crippen LogP contribution is 2.32. The first-order valence-corrected chi connectivity index (χ1v) is 8.24. The maximum absolute atomic E-state index is 3.96. The number of nitrogens with zero attached hydrogens (tertiary/aromatic N) is 1. The van der Waals surface area contributed by atoms with E-state index in [0.29, 0.717) is 0 Å². The van der Waals surface area contributed by atoms with E-state index in [9.17, 15) is 0 Å². The number of fused-ring (bicyclic) bond motifs is 1. The van der Waals surface area contributed by atoms with Crippen LogP contribution in [0.15, 0.2) is 0 Å². The van der Waals surface area contributed by atoms with E-state index in [4.69, 9.17) is 0 Å². The lowest BCUT2D eigenvalue weighted by Gasteiger charge is -2.42. The minimum absolute atomic E-state index is 0.737. The maximum atomic E-state index is 3.96. The van der Waals surface area contributed by atoms with Crippen molar-refractivity contribution in [3.63, 3.8) is 0 Å². The molecule has 0 radical (unpaired) electrons. The molecule has 0 aromatic rings. The molecule has 2 heteroatoms. The third kappa shape index (κ3) is 3.48. The van der Waals surface area contributed by atoms with Gasteiger partial charge in [-0.2, -0.15) is 0 Å². The van der Waals surface area contributed by atoms with Crippen molar-refractivity contribution in [1.82, 2.24) is 10.2 Å². The van der Waals surface area contributed by atoms with Gasteiger partial charge in [0.15, 0.2) is 0 Å². The second-order valence-corrected chi connectivity index (χ2v) is 6.44. The number of rotatable bonds is 5. The van der Waals surface area contributed by atoms with Crippen LogP contribution in [0.2, 0.25) is 0 Å². The van der Waals surface area contributed by atoms with Crippen LogP contribution in [0, 0.1) is 5.92 Å². The van der Waals surface area contributed by atoms with Gasteiger partial charge in [-0.25, -0.2) is 0 Å². The molecule has 0 spiro atoms. The zero-order chi connectivity index (χ0) is 13.0. The molecule has 1 N–H and O–H groups in total. The summed E-state index contributed by atoms with van der Waals surface area (Å²) in [7, 11) is 0. The molecule has 1 saturated heterocycles. The van der Waals surface area contributed by atoms with E-state index in [0.717, 1.165) is 24.0 Å². The topological polar surface area (TPSA) is 15.3 Å². The van der Waals surface area contributed by atoms with Gasteiger partial charge < -0.3 is 5.32 Å². The van der Waals surface area contributed by atoms with Crippen LogP contribution < -0.4 is 5.32 Å². The number of piperidine rings is 1. The van der Waals surface area contributed by atoms with E-state index in [1.807, 2.05) is 0 Å². The fourth-order valence-corrected chi connectivity index (χ4v) is 3.88. The first-order valence-electron chi connectivity index (χ1n) is 8.24. The molecule has 4 unspecified atom stereocenters. The fourth-order valence-electron chi connectivity index (χ4n) is 3.88. The van der Waals surface area contributed by atoms with Gasteiger partial charge in [-0.15, -0.1) is 0 Å². The maximum Gasteiger partial charge on any atom is 0.0197 e. The summed E-state index contributed by atoms with van der Waals surface area (Å²) < 4.78 is 0. The number of likely N-dealkylation sites (N-methyl/N-ethyl adjacent to an activating group) is 1. The van der Waals surface area contributed by atoms with Crippen molar-refractivity contribution in [2.45, 2.75) is 83.8 Å². The first-order chi connectivity index (χ1) is 8.74. The minimum Gasteiger partial charge on any atom is -0.310 e. The summed E-state index contributed by atoms with van der Waals surface area (Å²) in [5, 5.41) is 3.96. The minimum atomic E-state index is 0.737.